The van der Waals surface area contributed by atoms with Crippen molar-refractivity contribution in [1.29, 1.82) is 0 Å². The minimum absolute atomic E-state index is 0. The number of methoxy groups -OCH3 is 2. The van der Waals surface area contributed by atoms with Crippen LogP contribution in [0.3, 0.4) is 0 Å². The summed E-state index contributed by atoms with van der Waals surface area (Å²) in [5.41, 5.74) is 6.38. The molecule has 0 saturated heterocycles. The van der Waals surface area contributed by atoms with Crippen LogP contribution in [-0.4, -0.2) is 37.1 Å². The molecule has 0 bridgehead atoms. The lowest BCUT2D eigenvalue weighted by atomic mass is 9.54. The van der Waals surface area contributed by atoms with Gasteiger partial charge in [-0.3, -0.25) is 0 Å². The second-order valence-corrected chi connectivity index (χ2v) is 6.83. The van der Waals surface area contributed by atoms with Crippen molar-refractivity contribution in [3.63, 3.8) is 0 Å². The SMILES string of the molecule is CCOC1CC(N)(c2nc(-c3ccc(OC)c(OC)c3)no2)C1(C)C.Cl. The van der Waals surface area contributed by atoms with Crippen molar-refractivity contribution in [2.75, 3.05) is 20.8 Å². The standard InChI is InChI=1S/C18H25N3O4.ClH/c1-6-24-14-10-18(19,17(14,2)3)16-20-15(21-25-16)11-7-8-12(22-4)13(9-11)23-5;/h7-9,14H,6,10,19H2,1-5H3;1H. The Labute approximate surface area is 159 Å². The molecule has 144 valence electrons. The lowest BCUT2D eigenvalue weighted by Crippen LogP contribution is -2.67. The zero-order valence-electron chi connectivity index (χ0n) is 15.7. The maximum absolute atomic E-state index is 6.59. The number of nitrogens with two attached hydrogens (primary N) is 1. The molecule has 1 heterocycles. The van der Waals surface area contributed by atoms with Crippen molar-refractivity contribution in [2.45, 2.75) is 38.8 Å². The zero-order chi connectivity index (χ0) is 18.2. The summed E-state index contributed by atoms with van der Waals surface area (Å²) < 4.78 is 21.8. The van der Waals surface area contributed by atoms with E-state index < -0.39 is 5.54 Å². The van der Waals surface area contributed by atoms with Crippen molar-refractivity contribution in [1.82, 2.24) is 10.1 Å². The first-order valence-electron chi connectivity index (χ1n) is 8.34. The highest BCUT2D eigenvalue weighted by Crippen LogP contribution is 2.55. The fourth-order valence-electron chi connectivity index (χ4n) is 3.30. The predicted octanol–water partition coefficient (Wildman–Crippen LogP) is 3.16. The molecule has 2 atom stereocenters. The molecule has 0 amide bonds. The van der Waals surface area contributed by atoms with Gasteiger partial charge in [-0.25, -0.2) is 0 Å². The molecule has 2 unspecified atom stereocenters. The molecule has 7 nitrogen and oxygen atoms in total. The Kier molecular flexibility index (Phi) is 5.85. The summed E-state index contributed by atoms with van der Waals surface area (Å²) in [5, 5.41) is 4.10. The van der Waals surface area contributed by atoms with E-state index in [1.807, 2.05) is 19.1 Å². The third-order valence-corrected chi connectivity index (χ3v) is 5.28. The average Bonchev–Trinajstić information content (AvgIpc) is 3.11. The molecule has 0 aliphatic heterocycles. The monoisotopic (exact) mass is 383 g/mol. The van der Waals surface area contributed by atoms with Gasteiger partial charge in [0.2, 0.25) is 11.7 Å². The van der Waals surface area contributed by atoms with Crippen molar-refractivity contribution < 1.29 is 18.7 Å². The summed E-state index contributed by atoms with van der Waals surface area (Å²) in [6.07, 6.45) is 0.737. The molecule has 1 aliphatic carbocycles. The summed E-state index contributed by atoms with van der Waals surface area (Å²) in [6, 6.07) is 5.47. The molecule has 1 saturated carbocycles. The second-order valence-electron chi connectivity index (χ2n) is 6.83. The first-order chi connectivity index (χ1) is 11.9. The summed E-state index contributed by atoms with van der Waals surface area (Å²) in [4.78, 5) is 4.54. The van der Waals surface area contributed by atoms with E-state index >= 15 is 0 Å². The highest BCUT2D eigenvalue weighted by atomic mass is 35.5. The van der Waals surface area contributed by atoms with Gasteiger partial charge in [-0.1, -0.05) is 19.0 Å². The number of halogens is 1. The summed E-state index contributed by atoms with van der Waals surface area (Å²) >= 11 is 0. The molecule has 3 rings (SSSR count). The summed E-state index contributed by atoms with van der Waals surface area (Å²) in [6.45, 7) is 6.77. The quantitative estimate of drug-likeness (QED) is 0.818. The number of benzene rings is 1. The Bertz CT molecular complexity index is 765. The molecule has 2 N–H and O–H groups in total. The highest BCUT2D eigenvalue weighted by molar-refractivity contribution is 5.85. The highest BCUT2D eigenvalue weighted by Gasteiger charge is 2.62. The van der Waals surface area contributed by atoms with Crippen LogP contribution in [0.5, 0.6) is 11.5 Å². The minimum Gasteiger partial charge on any atom is -0.493 e. The van der Waals surface area contributed by atoms with Crippen molar-refractivity contribution >= 4 is 12.4 Å². The third-order valence-electron chi connectivity index (χ3n) is 5.28. The van der Waals surface area contributed by atoms with E-state index in [1.54, 1.807) is 20.3 Å². The van der Waals surface area contributed by atoms with Crippen LogP contribution in [0.4, 0.5) is 0 Å². The molecule has 0 radical (unpaired) electrons. The number of rotatable bonds is 6. The third kappa shape index (κ3) is 3.04. The summed E-state index contributed by atoms with van der Waals surface area (Å²) in [5.74, 6) is 2.15. The lowest BCUT2D eigenvalue weighted by Gasteiger charge is -2.56. The normalized spacial score (nSPS) is 23.7. The molecule has 1 aromatic carbocycles. The van der Waals surface area contributed by atoms with Crippen molar-refractivity contribution in [3.8, 4) is 22.9 Å². The van der Waals surface area contributed by atoms with E-state index in [4.69, 9.17) is 24.5 Å². The van der Waals surface area contributed by atoms with Gasteiger partial charge in [-0.05, 0) is 25.1 Å². The topological polar surface area (TPSA) is 92.6 Å². The van der Waals surface area contributed by atoms with Gasteiger partial charge in [-0.15, -0.1) is 12.4 Å². The molecule has 0 spiro atoms. The molecule has 1 aliphatic rings. The molecular weight excluding hydrogens is 358 g/mol. The Balaban J connectivity index is 0.00000243. The van der Waals surface area contributed by atoms with Crippen LogP contribution in [0.25, 0.3) is 11.4 Å². The molecule has 1 aromatic heterocycles. The fourth-order valence-corrected chi connectivity index (χ4v) is 3.30. The lowest BCUT2D eigenvalue weighted by molar-refractivity contribution is -0.162. The summed E-state index contributed by atoms with van der Waals surface area (Å²) in [7, 11) is 3.18. The first kappa shape index (κ1) is 20.5. The smallest absolute Gasteiger partial charge is 0.247 e. The van der Waals surface area contributed by atoms with Crippen LogP contribution >= 0.6 is 12.4 Å². The fraction of sp³-hybridized carbons (Fsp3) is 0.556. The van der Waals surface area contributed by atoms with Crippen LogP contribution in [0.1, 0.15) is 33.1 Å². The van der Waals surface area contributed by atoms with Crippen molar-refractivity contribution in [2.24, 2.45) is 11.1 Å². The van der Waals surface area contributed by atoms with Crippen LogP contribution in [-0.2, 0) is 10.3 Å². The van der Waals surface area contributed by atoms with Crippen LogP contribution in [0.15, 0.2) is 22.7 Å². The van der Waals surface area contributed by atoms with Gasteiger partial charge >= 0.3 is 0 Å². The van der Waals surface area contributed by atoms with Gasteiger partial charge in [0.05, 0.1) is 20.3 Å². The maximum Gasteiger partial charge on any atom is 0.247 e. The number of nitrogens with zero attached hydrogens (tertiary/aromatic N) is 2. The zero-order valence-corrected chi connectivity index (χ0v) is 16.6. The molecule has 8 heteroatoms. The minimum atomic E-state index is -0.700. The van der Waals surface area contributed by atoms with E-state index in [1.165, 1.54) is 0 Å². The van der Waals surface area contributed by atoms with E-state index in [2.05, 4.69) is 24.0 Å². The van der Waals surface area contributed by atoms with Gasteiger partial charge in [-0.2, -0.15) is 4.98 Å². The second kappa shape index (κ2) is 7.42. The average molecular weight is 384 g/mol. The predicted molar refractivity (Wildman–Crippen MR) is 99.8 cm³/mol. The largest absolute Gasteiger partial charge is 0.493 e. The van der Waals surface area contributed by atoms with E-state index in [9.17, 15) is 0 Å². The van der Waals surface area contributed by atoms with Gasteiger partial charge in [0.25, 0.3) is 0 Å². The van der Waals surface area contributed by atoms with Gasteiger partial charge in [0, 0.05) is 24.0 Å². The molecule has 26 heavy (non-hydrogen) atoms. The van der Waals surface area contributed by atoms with Crippen LogP contribution in [0, 0.1) is 5.41 Å². The van der Waals surface area contributed by atoms with Gasteiger partial charge < -0.3 is 24.5 Å². The van der Waals surface area contributed by atoms with E-state index in [0.717, 1.165) is 5.56 Å². The van der Waals surface area contributed by atoms with E-state index in [-0.39, 0.29) is 23.9 Å². The Morgan fingerprint density at radius 1 is 1.23 bits per heavy atom. The van der Waals surface area contributed by atoms with Gasteiger partial charge in [0.1, 0.15) is 5.54 Å². The molecule has 1 fully saturated rings. The number of hydrogen-bond acceptors (Lipinski definition) is 7. The molecular formula is C18H26ClN3O4. The Hall–Kier alpha value is -1.83. The van der Waals surface area contributed by atoms with E-state index in [0.29, 0.717) is 36.2 Å². The number of ether oxygens (including phenoxy) is 3. The Morgan fingerprint density at radius 3 is 2.50 bits per heavy atom. The maximum atomic E-state index is 6.59. The number of aromatic nitrogens is 2. The number of hydrogen-bond donors (Lipinski definition) is 1. The van der Waals surface area contributed by atoms with Gasteiger partial charge in [0.15, 0.2) is 11.5 Å². The first-order valence-corrected chi connectivity index (χ1v) is 8.34. The van der Waals surface area contributed by atoms with Crippen molar-refractivity contribution in [3.05, 3.63) is 24.1 Å². The van der Waals surface area contributed by atoms with Crippen LogP contribution in [0.2, 0.25) is 0 Å². The molecule has 2 aromatic rings. The Morgan fingerprint density at radius 2 is 1.92 bits per heavy atom. The van der Waals surface area contributed by atoms with Crippen LogP contribution < -0.4 is 15.2 Å².